The van der Waals surface area contributed by atoms with Crippen molar-refractivity contribution in [2.75, 3.05) is 0 Å². The van der Waals surface area contributed by atoms with Gasteiger partial charge in [0.2, 0.25) is 0 Å². The molecule has 4 nitrogen and oxygen atoms in total. The summed E-state index contributed by atoms with van der Waals surface area (Å²) < 4.78 is 47.0. The van der Waals surface area contributed by atoms with Gasteiger partial charge >= 0.3 is 0 Å². The highest BCUT2D eigenvalue weighted by atomic mass is 32.3. The normalized spacial score (nSPS) is 15.5. The van der Waals surface area contributed by atoms with E-state index < -0.39 is 35.9 Å². The number of benzene rings is 2. The van der Waals surface area contributed by atoms with Crippen molar-refractivity contribution in [2.45, 2.75) is 69.8 Å². The lowest BCUT2D eigenvalue weighted by Crippen LogP contribution is -2.42. The van der Waals surface area contributed by atoms with Crippen molar-refractivity contribution in [1.29, 1.82) is 0 Å². The fourth-order valence-corrected chi connectivity index (χ4v) is 14.9. The molecule has 0 bridgehead atoms. The monoisotopic (exact) mass is 507 g/mol. The van der Waals surface area contributed by atoms with E-state index in [0.717, 1.165) is 10.8 Å². The Morgan fingerprint density at radius 3 is 1.88 bits per heavy atom. The Morgan fingerprint density at radius 2 is 1.41 bits per heavy atom. The van der Waals surface area contributed by atoms with Gasteiger partial charge in [-0.2, -0.15) is 8.42 Å². The quantitative estimate of drug-likeness (QED) is 0.421. The van der Waals surface area contributed by atoms with E-state index in [-0.39, 0.29) is 10.8 Å². The minimum Gasteiger partial charge on any atom is -0.239 e. The Kier molecular flexibility index (Phi) is 7.87. The smallest absolute Gasteiger partial charge is 0.239 e. The largest absolute Gasteiger partial charge is 0.290 e. The first-order valence-electron chi connectivity index (χ1n) is 10.9. The fourth-order valence-electron chi connectivity index (χ4n) is 3.48. The number of aryl methyl sites for hydroxylation is 1. The summed E-state index contributed by atoms with van der Waals surface area (Å²) in [6.45, 7) is 18.8. The van der Waals surface area contributed by atoms with E-state index in [0.29, 0.717) is 9.42 Å². The van der Waals surface area contributed by atoms with E-state index in [4.69, 9.17) is 0 Å². The molecule has 0 radical (unpaired) electrons. The molecule has 0 fully saturated rings. The Morgan fingerprint density at radius 1 is 0.875 bits per heavy atom. The summed E-state index contributed by atoms with van der Waals surface area (Å²) >= 11 is 0. The van der Waals surface area contributed by atoms with Gasteiger partial charge < -0.3 is 0 Å². The van der Waals surface area contributed by atoms with E-state index in [2.05, 4.69) is 43.1 Å². The number of nitrogens with zero attached hydrogens (tertiary/aromatic N) is 1. The van der Waals surface area contributed by atoms with Crippen molar-refractivity contribution in [1.82, 2.24) is 0 Å². The Bertz CT molecular complexity index is 1230. The van der Waals surface area contributed by atoms with Crippen LogP contribution < -0.4 is 5.19 Å². The molecule has 2 rings (SSSR count). The highest BCUT2D eigenvalue weighted by molar-refractivity contribution is 8.07. The van der Waals surface area contributed by atoms with Crippen molar-refractivity contribution >= 4 is 41.1 Å². The van der Waals surface area contributed by atoms with Crippen molar-refractivity contribution in [3.05, 3.63) is 64.7 Å². The maximum absolute atomic E-state index is 15.0. The van der Waals surface area contributed by atoms with Crippen LogP contribution in [-0.2, 0) is 19.8 Å². The summed E-state index contributed by atoms with van der Waals surface area (Å²) in [6.07, 6.45) is 1.99. The lowest BCUT2D eigenvalue weighted by Gasteiger charge is -2.29. The molecule has 2 aromatic carbocycles. The van der Waals surface area contributed by atoms with E-state index in [1.54, 1.807) is 24.3 Å². The van der Waals surface area contributed by atoms with Gasteiger partial charge in [0.1, 0.15) is 9.73 Å². The zero-order valence-corrected chi connectivity index (χ0v) is 24.4. The minimum atomic E-state index is -4.14. The summed E-state index contributed by atoms with van der Waals surface area (Å²) in [5, 5.41) is 0.987. The predicted molar refractivity (Wildman–Crippen MR) is 143 cm³/mol. The van der Waals surface area contributed by atoms with Crippen LogP contribution in [0.5, 0.6) is 0 Å². The second-order valence-corrected chi connectivity index (χ2v) is 25.0. The van der Waals surface area contributed by atoms with E-state index in [1.165, 1.54) is 0 Å². The minimum absolute atomic E-state index is 0.0702. The molecular weight excluding hydrogens is 471 g/mol. The van der Waals surface area contributed by atoms with Crippen LogP contribution in [0.3, 0.4) is 0 Å². The van der Waals surface area contributed by atoms with Crippen LogP contribution in [0.1, 0.15) is 19.4 Å². The molecule has 0 saturated heterocycles. The van der Waals surface area contributed by atoms with Crippen LogP contribution in [0.25, 0.3) is 0 Å². The van der Waals surface area contributed by atoms with Gasteiger partial charge in [-0.1, -0.05) is 98.9 Å². The predicted octanol–water partition coefficient (Wildman–Crippen LogP) is 6.17. The van der Waals surface area contributed by atoms with Crippen molar-refractivity contribution in [3.8, 4) is 0 Å². The van der Waals surface area contributed by atoms with E-state index in [1.807, 2.05) is 51.1 Å². The van der Waals surface area contributed by atoms with Gasteiger partial charge in [0.25, 0.3) is 10.0 Å². The van der Waals surface area contributed by atoms with Crippen molar-refractivity contribution < 1.29 is 12.6 Å². The third kappa shape index (κ3) is 6.09. The molecule has 0 amide bonds. The Labute approximate surface area is 197 Å². The molecule has 8 heteroatoms. The van der Waals surface area contributed by atoms with Gasteiger partial charge in [-0.3, -0.25) is 0 Å². The Balaban J connectivity index is 3.06. The van der Waals surface area contributed by atoms with E-state index >= 15 is 4.21 Å². The van der Waals surface area contributed by atoms with Gasteiger partial charge in [-0.15, -0.1) is 0 Å². The molecule has 0 aliphatic carbocycles. The van der Waals surface area contributed by atoms with Gasteiger partial charge in [-0.25, -0.2) is 4.21 Å². The number of allylic oxidation sites excluding steroid dienone is 1. The summed E-state index contributed by atoms with van der Waals surface area (Å²) in [4.78, 5) is 0.630. The molecule has 2 aromatic rings. The lowest BCUT2D eigenvalue weighted by molar-refractivity contribution is 0.598. The third-order valence-electron chi connectivity index (χ3n) is 5.04. The summed E-state index contributed by atoms with van der Waals surface area (Å²) in [5.74, 6) is 0.119. The summed E-state index contributed by atoms with van der Waals surface area (Å²) in [7, 11) is -11.7. The fraction of sp³-hybridized carbons (Fsp3) is 0.417. The second-order valence-electron chi connectivity index (χ2n) is 10.7. The SMILES string of the molecule is Cc1ccc(S(=O)(=O)N=S(=O)(/C(=C/C(C)C)[Si](C)(C)C)c2ccccc2[Si](C)(C)C)cc1. The molecule has 0 heterocycles. The topological polar surface area (TPSA) is 63.6 Å². The number of sulfonamides is 1. The zero-order chi connectivity index (χ0) is 24.5. The van der Waals surface area contributed by atoms with Crippen LogP contribution in [0.2, 0.25) is 39.3 Å². The van der Waals surface area contributed by atoms with Gasteiger partial charge in [0.05, 0.1) is 25.9 Å². The molecular formula is C24H37NO3S2Si2. The third-order valence-corrected chi connectivity index (χ3v) is 15.8. The molecule has 0 saturated carbocycles. The average molecular weight is 508 g/mol. The number of hydrogen-bond donors (Lipinski definition) is 0. The van der Waals surface area contributed by atoms with Crippen LogP contribution >= 0.6 is 0 Å². The molecule has 32 heavy (non-hydrogen) atoms. The molecule has 0 spiro atoms. The first-order valence-corrected chi connectivity index (χ1v) is 20.9. The highest BCUT2D eigenvalue weighted by Gasteiger charge is 2.36. The van der Waals surface area contributed by atoms with Gasteiger partial charge in [0.15, 0.2) is 0 Å². The number of hydrogen-bond acceptors (Lipinski definition) is 3. The maximum atomic E-state index is 15.0. The first-order chi connectivity index (χ1) is 14.5. The van der Waals surface area contributed by atoms with E-state index in [9.17, 15) is 8.42 Å². The second kappa shape index (κ2) is 9.40. The molecule has 1 atom stereocenters. The average Bonchev–Trinajstić information content (AvgIpc) is 2.64. The summed E-state index contributed by atoms with van der Waals surface area (Å²) in [5.41, 5.74) is 0.955. The first kappa shape index (κ1) is 26.8. The summed E-state index contributed by atoms with van der Waals surface area (Å²) in [6, 6.07) is 14.1. The molecule has 176 valence electrons. The molecule has 0 aliphatic rings. The van der Waals surface area contributed by atoms with Crippen LogP contribution in [0.4, 0.5) is 0 Å². The van der Waals surface area contributed by atoms with Gasteiger partial charge in [-0.05, 0) is 36.2 Å². The van der Waals surface area contributed by atoms with Crippen LogP contribution in [-0.4, -0.2) is 28.8 Å². The molecule has 0 N–H and O–H groups in total. The Hall–Kier alpha value is -1.49. The molecule has 0 aliphatic heterocycles. The molecule has 0 aromatic heterocycles. The van der Waals surface area contributed by atoms with Crippen molar-refractivity contribution in [2.24, 2.45) is 9.69 Å². The van der Waals surface area contributed by atoms with Gasteiger partial charge in [0, 0.05) is 4.53 Å². The zero-order valence-electron chi connectivity index (χ0n) is 20.8. The lowest BCUT2D eigenvalue weighted by atomic mass is 10.2. The maximum Gasteiger partial charge on any atom is 0.290 e. The van der Waals surface area contributed by atoms with Crippen LogP contribution in [0, 0.1) is 12.8 Å². The molecule has 1 unspecified atom stereocenters. The number of rotatable bonds is 7. The van der Waals surface area contributed by atoms with Crippen molar-refractivity contribution in [3.63, 3.8) is 0 Å². The highest BCUT2D eigenvalue weighted by Crippen LogP contribution is 2.33. The standard InChI is InChI=1S/C24H37NO3S2Si2/c1-19(2)18-24(32(7,8)9)29(26,22-12-10-11-13-23(22)31(4,5)6)25-30(27,28)21-16-14-20(3)15-17-21/h10-19H,1-9H3/b24-18-. The van der Waals surface area contributed by atoms with Crippen LogP contribution in [0.15, 0.2) is 72.7 Å².